The zero-order valence-corrected chi connectivity index (χ0v) is 38.9. The molecular weight excluding hydrogens is 1060 g/mol. The molecule has 3 heterocycles. The molecule has 3 aliphatic rings. The molecule has 0 aliphatic carbocycles. The average Bonchev–Trinajstić information content (AvgIpc) is 3.05. The van der Waals surface area contributed by atoms with Crippen LogP contribution in [0.3, 0.4) is 0 Å². The fraction of sp³-hybridized carbons (Fsp3) is 0.269. The van der Waals surface area contributed by atoms with E-state index in [0.717, 1.165) is 24.3 Å². The summed E-state index contributed by atoms with van der Waals surface area (Å²) in [7, 11) is -20.4. The van der Waals surface area contributed by atoms with Crippen LogP contribution in [0.2, 0.25) is 15.1 Å². The maximum Gasteiger partial charge on any atom is 0.255 e. The first-order valence-electron chi connectivity index (χ1n) is 15.3. The van der Waals surface area contributed by atoms with E-state index in [2.05, 4.69) is 30.7 Å². The van der Waals surface area contributed by atoms with E-state index in [1.54, 1.807) is 0 Å². The van der Waals surface area contributed by atoms with E-state index in [-0.39, 0.29) is 58.8 Å². The molecule has 328 valence electrons. The highest BCUT2D eigenvalue weighted by Gasteiger charge is 2.41. The maximum atomic E-state index is 12.1. The van der Waals surface area contributed by atoms with Gasteiger partial charge in [0.25, 0.3) is 5.91 Å². The SMILES string of the molecule is CCC1NC(=O)c2cc(S(N)(=O)=O)c(Cl)cc2N1.NS(=O)(=O)c1cc2c(cc1Cl)NC(C(Cl)(Cl)Cl)NS2(=O)=O.NS(=O)(=O)c1cc2c(cc1Cl)NC(C(Cl)Cl)NS2(=O)=O. The number of rotatable bonds is 5. The molecule has 0 saturated heterocycles. The van der Waals surface area contributed by atoms with Crippen molar-refractivity contribution >= 4 is 166 Å². The number of hydrogen-bond donors (Lipinski definition) is 9. The number of nitrogens with one attached hydrogen (secondary N) is 6. The molecular formula is C26H27Cl8N9O11S5. The number of carbonyl (C=O) groups is 1. The molecule has 3 aromatic rings. The number of carbonyl (C=O) groups excluding carboxylic acids is 1. The van der Waals surface area contributed by atoms with Crippen molar-refractivity contribution in [1.29, 1.82) is 0 Å². The Balaban J connectivity index is 0.000000196. The van der Waals surface area contributed by atoms with E-state index in [1.165, 1.54) is 12.1 Å². The normalized spacial score (nSPS) is 20.6. The molecule has 0 bridgehead atoms. The standard InChI is InChI=1S/C10H12ClN3O3S.C8H7Cl4N3O4S2.C8H8Cl3N3O4S2/c1-2-9-13-7-4-6(11)8(18(12,16)17)3-5(7)10(15)14-9;9-3-1-4-6(2-5(3)20(13,16)17)21(18,19)15-7(14-4)8(10,11)12;9-3-1-4-6(2-5(3)19(12,15)16)20(17,18)14-8(13-4)7(10)11/h3-4,9,13H,2H2,1H3,(H,14,15)(H2,12,16,17);1-2,7,14-15H,(H2,13,16,17);1-2,7-8,13-14H,(H2,12,15,16). The highest BCUT2D eigenvalue weighted by Crippen LogP contribution is 2.39. The van der Waals surface area contributed by atoms with Crippen LogP contribution in [0.15, 0.2) is 60.9 Å². The summed E-state index contributed by atoms with van der Waals surface area (Å²) in [5.41, 5.74) is 0.788. The van der Waals surface area contributed by atoms with Crippen LogP contribution in [-0.2, 0) is 50.1 Å². The highest BCUT2D eigenvalue weighted by atomic mass is 35.6. The van der Waals surface area contributed by atoms with Crippen molar-refractivity contribution < 1.29 is 46.9 Å². The van der Waals surface area contributed by atoms with Crippen LogP contribution < -0.4 is 46.1 Å². The lowest BCUT2D eigenvalue weighted by atomic mass is 10.1. The minimum absolute atomic E-state index is 0.00620. The van der Waals surface area contributed by atoms with E-state index in [1.807, 2.05) is 6.92 Å². The predicted octanol–water partition coefficient (Wildman–Crippen LogP) is 3.09. The second-order valence-corrected chi connectivity index (χ2v) is 24.6. The number of primary sulfonamides is 3. The third-order valence-corrected chi connectivity index (χ3v) is 15.9. The summed E-state index contributed by atoms with van der Waals surface area (Å²) in [5.74, 6) is -0.350. The monoisotopic (exact) mass is 1080 g/mol. The lowest BCUT2D eigenvalue weighted by molar-refractivity contribution is 0.0934. The van der Waals surface area contributed by atoms with Crippen molar-refractivity contribution in [2.24, 2.45) is 15.4 Å². The van der Waals surface area contributed by atoms with Gasteiger partial charge >= 0.3 is 0 Å². The molecule has 0 radical (unpaired) electrons. The van der Waals surface area contributed by atoms with Crippen molar-refractivity contribution in [2.75, 3.05) is 16.0 Å². The molecule has 3 unspecified atom stereocenters. The maximum absolute atomic E-state index is 12.1. The minimum Gasteiger partial charge on any atom is -0.366 e. The zero-order valence-electron chi connectivity index (χ0n) is 28.8. The van der Waals surface area contributed by atoms with Gasteiger partial charge in [-0.05, 0) is 42.8 Å². The second-order valence-electron chi connectivity index (χ2n) is 11.9. The fourth-order valence-corrected chi connectivity index (χ4v) is 12.1. The minimum atomic E-state index is -4.19. The largest absolute Gasteiger partial charge is 0.366 e. The summed E-state index contributed by atoms with van der Waals surface area (Å²) in [4.78, 5) is 8.80. The average molecular weight is 1090 g/mol. The molecule has 59 heavy (non-hydrogen) atoms. The van der Waals surface area contributed by atoms with E-state index < -0.39 is 80.9 Å². The topological polar surface area (TPSA) is 338 Å². The Morgan fingerprint density at radius 1 is 0.644 bits per heavy atom. The van der Waals surface area contributed by atoms with Crippen LogP contribution in [0.25, 0.3) is 0 Å². The van der Waals surface area contributed by atoms with Crippen LogP contribution in [-0.4, -0.2) is 75.1 Å². The van der Waals surface area contributed by atoms with Crippen molar-refractivity contribution in [3.05, 3.63) is 57.0 Å². The summed E-state index contributed by atoms with van der Waals surface area (Å²) in [6.07, 6.45) is -1.72. The molecule has 0 spiro atoms. The van der Waals surface area contributed by atoms with Gasteiger partial charge in [0.05, 0.1) is 43.9 Å². The lowest BCUT2D eigenvalue weighted by Gasteiger charge is -2.32. The molecule has 3 aromatic carbocycles. The van der Waals surface area contributed by atoms with Gasteiger partial charge in [-0.1, -0.05) is 76.5 Å². The smallest absolute Gasteiger partial charge is 0.255 e. The Bertz CT molecular complexity index is 2780. The van der Waals surface area contributed by atoms with Gasteiger partial charge < -0.3 is 21.3 Å². The van der Waals surface area contributed by atoms with Crippen LogP contribution in [0.1, 0.15) is 23.7 Å². The van der Waals surface area contributed by atoms with Gasteiger partial charge in [-0.25, -0.2) is 57.5 Å². The number of nitrogens with two attached hydrogens (primary N) is 3. The van der Waals surface area contributed by atoms with Crippen LogP contribution in [0.4, 0.5) is 17.1 Å². The van der Waals surface area contributed by atoms with Gasteiger partial charge in [-0.15, -0.1) is 23.2 Å². The Morgan fingerprint density at radius 2 is 1.05 bits per heavy atom. The van der Waals surface area contributed by atoms with E-state index in [0.29, 0.717) is 12.1 Å². The van der Waals surface area contributed by atoms with Crippen LogP contribution in [0.5, 0.6) is 0 Å². The fourth-order valence-electron chi connectivity index (χ4n) is 5.01. The number of fused-ring (bicyclic) bond motifs is 3. The summed E-state index contributed by atoms with van der Waals surface area (Å²) >= 11 is 45.6. The number of halogens is 8. The number of hydrogen-bond acceptors (Lipinski definition) is 14. The van der Waals surface area contributed by atoms with Gasteiger partial charge in [0.15, 0.2) is 0 Å². The molecule has 3 aliphatic heterocycles. The molecule has 12 N–H and O–H groups in total. The summed E-state index contributed by atoms with van der Waals surface area (Å²) in [6.45, 7) is 1.91. The second kappa shape index (κ2) is 17.9. The Kier molecular flexibility index (Phi) is 15.2. The molecule has 0 saturated carbocycles. The van der Waals surface area contributed by atoms with Crippen molar-refractivity contribution in [2.45, 2.75) is 64.9 Å². The molecule has 1 amide bonds. The molecule has 3 atom stereocenters. The third kappa shape index (κ3) is 11.9. The first-order chi connectivity index (χ1) is 26.7. The highest BCUT2D eigenvalue weighted by molar-refractivity contribution is 7.91. The van der Waals surface area contributed by atoms with Gasteiger partial charge in [-0.2, -0.15) is 9.44 Å². The van der Waals surface area contributed by atoms with Crippen LogP contribution in [0, 0.1) is 0 Å². The summed E-state index contributed by atoms with van der Waals surface area (Å²) in [5, 5.41) is 25.5. The first-order valence-corrected chi connectivity index (χ1v) is 26.0. The molecule has 0 fully saturated rings. The first kappa shape index (κ1) is 50.0. The number of benzene rings is 3. The van der Waals surface area contributed by atoms with Gasteiger partial charge in [0.1, 0.15) is 41.6 Å². The van der Waals surface area contributed by atoms with Gasteiger partial charge in [0.2, 0.25) is 53.9 Å². The molecule has 20 nitrogen and oxygen atoms in total. The van der Waals surface area contributed by atoms with E-state index in [4.69, 9.17) is 108 Å². The van der Waals surface area contributed by atoms with E-state index in [9.17, 15) is 46.9 Å². The number of amides is 1. The van der Waals surface area contributed by atoms with E-state index >= 15 is 0 Å². The lowest BCUT2D eigenvalue weighted by Crippen LogP contribution is -2.52. The summed E-state index contributed by atoms with van der Waals surface area (Å²) < 4.78 is 119. The zero-order chi connectivity index (χ0) is 45.0. The Labute approximate surface area is 377 Å². The summed E-state index contributed by atoms with van der Waals surface area (Å²) in [6, 6.07) is 6.50. The van der Waals surface area contributed by atoms with Crippen molar-refractivity contribution in [3.8, 4) is 0 Å². The molecule has 0 aromatic heterocycles. The molecule has 6 rings (SSSR count). The number of sulfonamides is 5. The van der Waals surface area contributed by atoms with Gasteiger partial charge in [0, 0.05) is 0 Å². The Hall–Kier alpha value is -1.60. The van der Waals surface area contributed by atoms with Crippen molar-refractivity contribution in [3.63, 3.8) is 0 Å². The Morgan fingerprint density at radius 3 is 1.46 bits per heavy atom. The third-order valence-electron chi connectivity index (χ3n) is 7.67. The quantitative estimate of drug-likeness (QED) is 0.166. The van der Waals surface area contributed by atoms with Crippen molar-refractivity contribution in [1.82, 2.24) is 14.8 Å². The van der Waals surface area contributed by atoms with Gasteiger partial charge in [-0.3, -0.25) is 4.79 Å². The predicted molar refractivity (Wildman–Crippen MR) is 225 cm³/mol. The van der Waals surface area contributed by atoms with Crippen LogP contribution >= 0.6 is 92.8 Å². The number of anilines is 3. The number of alkyl halides is 5. The molecule has 33 heteroatoms.